The molecule has 0 aliphatic carbocycles. The monoisotopic (exact) mass is 268 g/mol. The zero-order valence-corrected chi connectivity index (χ0v) is 10.9. The second-order valence-electron chi connectivity index (χ2n) is 3.80. The van der Waals surface area contributed by atoms with Crippen molar-refractivity contribution in [1.29, 1.82) is 0 Å². The summed E-state index contributed by atoms with van der Waals surface area (Å²) in [6.07, 6.45) is 2.69. The zero-order valence-electron chi connectivity index (χ0n) is 10.1. The zero-order chi connectivity index (χ0) is 13.1. The SMILES string of the molecule is COc1ccc(C2CC(=O)C=CO2)c(Cl)c1OC. The number of hydrogen-bond donors (Lipinski definition) is 0. The van der Waals surface area contributed by atoms with E-state index in [1.807, 2.05) is 0 Å². The van der Waals surface area contributed by atoms with Crippen LogP contribution in [0.3, 0.4) is 0 Å². The third-order valence-electron chi connectivity index (χ3n) is 2.75. The first-order chi connectivity index (χ1) is 8.67. The van der Waals surface area contributed by atoms with Gasteiger partial charge in [0.25, 0.3) is 0 Å². The van der Waals surface area contributed by atoms with Crippen LogP contribution in [0.4, 0.5) is 0 Å². The number of carbonyl (C=O) groups is 1. The fourth-order valence-corrected chi connectivity index (χ4v) is 2.20. The molecule has 1 heterocycles. The maximum atomic E-state index is 11.4. The van der Waals surface area contributed by atoms with Gasteiger partial charge in [-0.3, -0.25) is 4.79 Å². The van der Waals surface area contributed by atoms with E-state index in [0.717, 1.165) is 0 Å². The van der Waals surface area contributed by atoms with Gasteiger partial charge in [-0.2, -0.15) is 0 Å². The number of ether oxygens (including phenoxy) is 3. The van der Waals surface area contributed by atoms with Crippen molar-refractivity contribution in [2.24, 2.45) is 0 Å². The largest absolute Gasteiger partial charge is 0.493 e. The van der Waals surface area contributed by atoms with Crippen LogP contribution < -0.4 is 9.47 Å². The normalized spacial score (nSPS) is 18.4. The van der Waals surface area contributed by atoms with Crippen molar-refractivity contribution in [3.05, 3.63) is 35.1 Å². The summed E-state index contributed by atoms with van der Waals surface area (Å²) in [6, 6.07) is 3.52. The van der Waals surface area contributed by atoms with Crippen molar-refractivity contribution in [1.82, 2.24) is 0 Å². The number of hydrogen-bond acceptors (Lipinski definition) is 4. The molecule has 0 saturated carbocycles. The molecule has 0 N–H and O–H groups in total. The van der Waals surface area contributed by atoms with Crippen LogP contribution in [-0.2, 0) is 9.53 Å². The van der Waals surface area contributed by atoms with Gasteiger partial charge in [-0.25, -0.2) is 0 Å². The molecule has 2 rings (SSSR count). The molecule has 0 bridgehead atoms. The van der Waals surface area contributed by atoms with Crippen LogP contribution in [0.1, 0.15) is 18.1 Å². The molecular weight excluding hydrogens is 256 g/mol. The molecule has 0 saturated heterocycles. The Hall–Kier alpha value is -1.68. The standard InChI is InChI=1S/C13H13ClO4/c1-16-10-4-3-9(12(14)13(10)17-2)11-7-8(15)5-6-18-11/h3-6,11H,7H2,1-2H3. The predicted molar refractivity (Wildman–Crippen MR) is 67.1 cm³/mol. The Balaban J connectivity index is 2.40. The maximum Gasteiger partial charge on any atom is 0.179 e. The highest BCUT2D eigenvalue weighted by atomic mass is 35.5. The molecule has 5 heteroatoms. The Morgan fingerprint density at radius 2 is 2.11 bits per heavy atom. The van der Waals surface area contributed by atoms with Crippen molar-refractivity contribution >= 4 is 17.4 Å². The summed E-state index contributed by atoms with van der Waals surface area (Å²) in [4.78, 5) is 11.4. The molecule has 96 valence electrons. The molecule has 1 aromatic rings. The smallest absolute Gasteiger partial charge is 0.179 e. The molecule has 4 nitrogen and oxygen atoms in total. The third-order valence-corrected chi connectivity index (χ3v) is 3.13. The van der Waals surface area contributed by atoms with Crippen molar-refractivity contribution < 1.29 is 19.0 Å². The summed E-state index contributed by atoms with van der Waals surface area (Å²) in [7, 11) is 3.05. The van der Waals surface area contributed by atoms with E-state index in [-0.39, 0.29) is 18.3 Å². The highest BCUT2D eigenvalue weighted by Crippen LogP contribution is 2.41. The molecule has 0 amide bonds. The van der Waals surface area contributed by atoms with E-state index in [1.165, 1.54) is 26.6 Å². The summed E-state index contributed by atoms with van der Waals surface area (Å²) < 4.78 is 15.8. The molecule has 0 aromatic heterocycles. The Bertz CT molecular complexity index is 496. The summed E-state index contributed by atoms with van der Waals surface area (Å²) in [5, 5.41) is 0.407. The van der Waals surface area contributed by atoms with Crippen LogP contribution in [0, 0.1) is 0 Å². The van der Waals surface area contributed by atoms with E-state index in [0.29, 0.717) is 22.1 Å². The Labute approximate surface area is 110 Å². The van der Waals surface area contributed by atoms with Gasteiger partial charge in [0.1, 0.15) is 6.10 Å². The molecule has 0 radical (unpaired) electrons. The van der Waals surface area contributed by atoms with Gasteiger partial charge in [-0.15, -0.1) is 0 Å². The van der Waals surface area contributed by atoms with Gasteiger partial charge in [0, 0.05) is 11.6 Å². The summed E-state index contributed by atoms with van der Waals surface area (Å²) in [5.41, 5.74) is 0.715. The lowest BCUT2D eigenvalue weighted by atomic mass is 10.0. The van der Waals surface area contributed by atoms with E-state index >= 15 is 0 Å². The first-order valence-corrected chi connectivity index (χ1v) is 5.80. The number of ketones is 1. The van der Waals surface area contributed by atoms with Crippen LogP contribution in [0.15, 0.2) is 24.5 Å². The fourth-order valence-electron chi connectivity index (χ4n) is 1.85. The van der Waals surface area contributed by atoms with Crippen LogP contribution in [0.25, 0.3) is 0 Å². The fraction of sp³-hybridized carbons (Fsp3) is 0.308. The minimum atomic E-state index is -0.380. The highest BCUT2D eigenvalue weighted by molar-refractivity contribution is 6.33. The van der Waals surface area contributed by atoms with Gasteiger partial charge in [0.15, 0.2) is 17.3 Å². The Kier molecular flexibility index (Phi) is 3.77. The van der Waals surface area contributed by atoms with E-state index in [9.17, 15) is 4.79 Å². The van der Waals surface area contributed by atoms with E-state index in [4.69, 9.17) is 25.8 Å². The van der Waals surface area contributed by atoms with Gasteiger partial charge in [0.2, 0.25) is 0 Å². The van der Waals surface area contributed by atoms with Crippen LogP contribution in [0.2, 0.25) is 5.02 Å². The third kappa shape index (κ3) is 2.29. The van der Waals surface area contributed by atoms with Crippen molar-refractivity contribution in [2.75, 3.05) is 14.2 Å². The van der Waals surface area contributed by atoms with E-state index in [1.54, 1.807) is 12.1 Å². The van der Waals surface area contributed by atoms with Crippen molar-refractivity contribution in [3.8, 4) is 11.5 Å². The van der Waals surface area contributed by atoms with E-state index < -0.39 is 0 Å². The highest BCUT2D eigenvalue weighted by Gasteiger charge is 2.24. The lowest BCUT2D eigenvalue weighted by molar-refractivity contribution is -0.118. The Morgan fingerprint density at radius 3 is 2.72 bits per heavy atom. The van der Waals surface area contributed by atoms with Gasteiger partial charge >= 0.3 is 0 Å². The van der Waals surface area contributed by atoms with Gasteiger partial charge in [0.05, 0.1) is 31.9 Å². The van der Waals surface area contributed by atoms with E-state index in [2.05, 4.69) is 0 Å². The molecule has 1 aliphatic rings. The Morgan fingerprint density at radius 1 is 1.33 bits per heavy atom. The average molecular weight is 269 g/mol. The van der Waals surface area contributed by atoms with Crippen molar-refractivity contribution in [2.45, 2.75) is 12.5 Å². The molecule has 0 fully saturated rings. The average Bonchev–Trinajstić information content (AvgIpc) is 2.38. The molecule has 1 aromatic carbocycles. The van der Waals surface area contributed by atoms with Gasteiger partial charge < -0.3 is 14.2 Å². The first-order valence-electron chi connectivity index (χ1n) is 5.42. The summed E-state index contributed by atoms with van der Waals surface area (Å²) >= 11 is 6.25. The number of benzene rings is 1. The number of methoxy groups -OCH3 is 2. The quantitative estimate of drug-likeness (QED) is 0.846. The molecule has 0 spiro atoms. The van der Waals surface area contributed by atoms with Crippen LogP contribution >= 0.6 is 11.6 Å². The number of halogens is 1. The molecule has 1 aliphatic heterocycles. The summed E-state index contributed by atoms with van der Waals surface area (Å²) in [5.74, 6) is 1.00. The number of allylic oxidation sites excluding steroid dienone is 1. The molecule has 1 unspecified atom stereocenters. The number of carbonyl (C=O) groups excluding carboxylic acids is 1. The first kappa shape index (κ1) is 12.8. The minimum Gasteiger partial charge on any atom is -0.493 e. The second kappa shape index (κ2) is 5.31. The lowest BCUT2D eigenvalue weighted by Crippen LogP contribution is -2.12. The van der Waals surface area contributed by atoms with Crippen molar-refractivity contribution in [3.63, 3.8) is 0 Å². The van der Waals surface area contributed by atoms with Crippen LogP contribution in [-0.4, -0.2) is 20.0 Å². The summed E-state index contributed by atoms with van der Waals surface area (Å²) in [6.45, 7) is 0. The molecular formula is C13H13ClO4. The molecule has 1 atom stereocenters. The minimum absolute atomic E-state index is 0.0112. The maximum absolute atomic E-state index is 11.4. The van der Waals surface area contributed by atoms with Gasteiger partial charge in [-0.1, -0.05) is 11.6 Å². The topological polar surface area (TPSA) is 44.8 Å². The molecule has 18 heavy (non-hydrogen) atoms. The van der Waals surface area contributed by atoms with Gasteiger partial charge in [-0.05, 0) is 12.1 Å². The predicted octanol–water partition coefficient (Wildman–Crippen LogP) is 2.90. The number of rotatable bonds is 3. The lowest BCUT2D eigenvalue weighted by Gasteiger charge is -2.21. The second-order valence-corrected chi connectivity index (χ2v) is 4.18. The van der Waals surface area contributed by atoms with Crippen LogP contribution in [0.5, 0.6) is 11.5 Å².